The molecule has 3 nitrogen and oxygen atoms in total. The summed E-state index contributed by atoms with van der Waals surface area (Å²) in [7, 11) is 0. The number of halogens is 1. The lowest BCUT2D eigenvalue weighted by molar-refractivity contribution is -0.0721. The van der Waals surface area contributed by atoms with Crippen molar-refractivity contribution in [3.8, 4) is 5.75 Å². The highest BCUT2D eigenvalue weighted by molar-refractivity contribution is 6.16. The molecule has 1 aliphatic rings. The molecule has 0 aliphatic carbocycles. The number of aromatic nitrogens is 1. The normalized spacial score (nSPS) is 29.0. The Kier molecular flexibility index (Phi) is 4.24. The van der Waals surface area contributed by atoms with Crippen LogP contribution in [0.15, 0.2) is 18.3 Å². The third-order valence-corrected chi connectivity index (χ3v) is 3.16. The van der Waals surface area contributed by atoms with Crippen LogP contribution < -0.4 is 4.74 Å². The second-order valence-electron chi connectivity index (χ2n) is 4.59. The first-order valence-electron chi connectivity index (χ1n) is 6.00. The van der Waals surface area contributed by atoms with Crippen molar-refractivity contribution in [1.82, 2.24) is 4.98 Å². The van der Waals surface area contributed by atoms with Crippen molar-refractivity contribution in [2.45, 2.75) is 50.9 Å². The van der Waals surface area contributed by atoms with Crippen LogP contribution in [0, 0.1) is 0 Å². The molecule has 0 aromatic carbocycles. The molecule has 0 saturated carbocycles. The van der Waals surface area contributed by atoms with Crippen molar-refractivity contribution in [2.24, 2.45) is 0 Å². The summed E-state index contributed by atoms with van der Waals surface area (Å²) in [6, 6.07) is 3.78. The number of pyridine rings is 1. The van der Waals surface area contributed by atoms with Crippen LogP contribution >= 0.6 is 11.6 Å². The third kappa shape index (κ3) is 3.58. The SMILES string of the molecule is CC1CC(Oc2ccnc(CCl)c2)CC(C)O1. The van der Waals surface area contributed by atoms with Crippen LogP contribution in [0.2, 0.25) is 0 Å². The first kappa shape index (κ1) is 12.7. The second-order valence-corrected chi connectivity index (χ2v) is 4.85. The molecule has 2 heterocycles. The summed E-state index contributed by atoms with van der Waals surface area (Å²) in [5, 5.41) is 0. The molecule has 1 fully saturated rings. The molecule has 0 bridgehead atoms. The van der Waals surface area contributed by atoms with Gasteiger partial charge in [-0.05, 0) is 19.9 Å². The van der Waals surface area contributed by atoms with E-state index in [1.54, 1.807) is 6.20 Å². The zero-order valence-electron chi connectivity index (χ0n) is 10.2. The minimum absolute atomic E-state index is 0.222. The van der Waals surface area contributed by atoms with E-state index in [1.807, 2.05) is 12.1 Å². The smallest absolute Gasteiger partial charge is 0.123 e. The standard InChI is InChI=1S/C13H18ClNO2/c1-9-5-13(6-10(2)16-9)17-12-3-4-15-11(7-12)8-14/h3-4,7,9-10,13H,5-6,8H2,1-2H3. The van der Waals surface area contributed by atoms with E-state index in [0.29, 0.717) is 5.88 Å². The highest BCUT2D eigenvalue weighted by Gasteiger charge is 2.25. The average molecular weight is 256 g/mol. The topological polar surface area (TPSA) is 31.4 Å². The number of alkyl halides is 1. The van der Waals surface area contributed by atoms with Gasteiger partial charge in [0.2, 0.25) is 0 Å². The van der Waals surface area contributed by atoms with E-state index in [1.165, 1.54) is 0 Å². The van der Waals surface area contributed by atoms with E-state index in [-0.39, 0.29) is 18.3 Å². The van der Waals surface area contributed by atoms with E-state index >= 15 is 0 Å². The molecule has 0 amide bonds. The summed E-state index contributed by atoms with van der Waals surface area (Å²) in [6.45, 7) is 4.17. The van der Waals surface area contributed by atoms with Crippen molar-refractivity contribution in [3.63, 3.8) is 0 Å². The van der Waals surface area contributed by atoms with Crippen LogP contribution in [-0.4, -0.2) is 23.3 Å². The summed E-state index contributed by atoms with van der Waals surface area (Å²) in [5.74, 6) is 1.26. The molecule has 1 saturated heterocycles. The van der Waals surface area contributed by atoms with Crippen molar-refractivity contribution in [3.05, 3.63) is 24.0 Å². The Balaban J connectivity index is 1.99. The molecule has 2 unspecified atom stereocenters. The van der Waals surface area contributed by atoms with Gasteiger partial charge in [0.25, 0.3) is 0 Å². The number of ether oxygens (including phenoxy) is 2. The Morgan fingerprint density at radius 2 is 2.12 bits per heavy atom. The molecule has 2 atom stereocenters. The Hall–Kier alpha value is -0.800. The first-order chi connectivity index (χ1) is 8.17. The van der Waals surface area contributed by atoms with Crippen LogP contribution in [0.3, 0.4) is 0 Å². The largest absolute Gasteiger partial charge is 0.490 e. The molecule has 2 rings (SSSR count). The highest BCUT2D eigenvalue weighted by Crippen LogP contribution is 2.24. The molecular weight excluding hydrogens is 238 g/mol. The fourth-order valence-electron chi connectivity index (χ4n) is 2.24. The van der Waals surface area contributed by atoms with Crippen molar-refractivity contribution in [1.29, 1.82) is 0 Å². The number of hydrogen-bond donors (Lipinski definition) is 0. The fourth-order valence-corrected chi connectivity index (χ4v) is 2.38. The average Bonchev–Trinajstić information content (AvgIpc) is 2.28. The fraction of sp³-hybridized carbons (Fsp3) is 0.615. The predicted molar refractivity (Wildman–Crippen MR) is 67.5 cm³/mol. The van der Waals surface area contributed by atoms with E-state index < -0.39 is 0 Å². The molecule has 1 aromatic rings. The van der Waals surface area contributed by atoms with Gasteiger partial charge in [-0.1, -0.05) is 0 Å². The van der Waals surface area contributed by atoms with Crippen molar-refractivity contribution < 1.29 is 9.47 Å². The van der Waals surface area contributed by atoms with Crippen molar-refractivity contribution in [2.75, 3.05) is 0 Å². The molecule has 1 aromatic heterocycles. The quantitative estimate of drug-likeness (QED) is 0.778. The molecule has 0 radical (unpaired) electrons. The molecule has 4 heteroatoms. The van der Waals surface area contributed by atoms with Gasteiger partial charge >= 0.3 is 0 Å². The lowest BCUT2D eigenvalue weighted by atomic mass is 10.0. The maximum atomic E-state index is 5.96. The van der Waals surface area contributed by atoms with Gasteiger partial charge in [-0.3, -0.25) is 4.98 Å². The Bertz CT molecular complexity index is 362. The minimum Gasteiger partial charge on any atom is -0.490 e. The predicted octanol–water partition coefficient (Wildman–Crippen LogP) is 3.16. The van der Waals surface area contributed by atoms with Gasteiger partial charge in [-0.15, -0.1) is 11.6 Å². The third-order valence-electron chi connectivity index (χ3n) is 2.88. The molecule has 94 valence electrons. The lowest BCUT2D eigenvalue weighted by Crippen LogP contribution is -2.35. The molecule has 17 heavy (non-hydrogen) atoms. The van der Waals surface area contributed by atoms with Gasteiger partial charge in [0, 0.05) is 25.1 Å². The summed E-state index contributed by atoms with van der Waals surface area (Å²) in [4.78, 5) is 4.14. The Morgan fingerprint density at radius 1 is 1.41 bits per heavy atom. The molecule has 0 spiro atoms. The second kappa shape index (κ2) is 5.69. The van der Waals surface area contributed by atoms with Gasteiger partial charge in [0.15, 0.2) is 0 Å². The molecule has 0 N–H and O–H groups in total. The van der Waals surface area contributed by atoms with E-state index in [9.17, 15) is 0 Å². The number of hydrogen-bond acceptors (Lipinski definition) is 3. The van der Waals surface area contributed by atoms with Crippen LogP contribution in [0.4, 0.5) is 0 Å². The maximum absolute atomic E-state index is 5.96. The van der Waals surface area contributed by atoms with Gasteiger partial charge in [0.1, 0.15) is 11.9 Å². The van der Waals surface area contributed by atoms with Gasteiger partial charge in [-0.25, -0.2) is 0 Å². The van der Waals surface area contributed by atoms with E-state index in [4.69, 9.17) is 21.1 Å². The monoisotopic (exact) mass is 255 g/mol. The zero-order chi connectivity index (χ0) is 12.3. The van der Waals surface area contributed by atoms with E-state index in [2.05, 4.69) is 18.8 Å². The van der Waals surface area contributed by atoms with Crippen LogP contribution in [-0.2, 0) is 10.6 Å². The number of nitrogens with zero attached hydrogens (tertiary/aromatic N) is 1. The Labute approximate surface area is 107 Å². The first-order valence-corrected chi connectivity index (χ1v) is 6.54. The van der Waals surface area contributed by atoms with Crippen molar-refractivity contribution >= 4 is 11.6 Å². The highest BCUT2D eigenvalue weighted by atomic mass is 35.5. The summed E-state index contributed by atoms with van der Waals surface area (Å²) >= 11 is 5.75. The Morgan fingerprint density at radius 3 is 2.76 bits per heavy atom. The summed E-state index contributed by atoms with van der Waals surface area (Å²) < 4.78 is 11.6. The summed E-state index contributed by atoms with van der Waals surface area (Å²) in [5.41, 5.74) is 0.845. The molecule has 1 aliphatic heterocycles. The van der Waals surface area contributed by atoms with Gasteiger partial charge in [-0.2, -0.15) is 0 Å². The van der Waals surface area contributed by atoms with Gasteiger partial charge in [0.05, 0.1) is 23.8 Å². The maximum Gasteiger partial charge on any atom is 0.123 e. The molecular formula is C13H18ClNO2. The number of rotatable bonds is 3. The lowest BCUT2D eigenvalue weighted by Gasteiger charge is -2.32. The van der Waals surface area contributed by atoms with Crippen LogP contribution in [0.1, 0.15) is 32.4 Å². The summed E-state index contributed by atoms with van der Waals surface area (Å²) in [6.07, 6.45) is 4.35. The van der Waals surface area contributed by atoms with E-state index in [0.717, 1.165) is 24.3 Å². The van der Waals surface area contributed by atoms with Crippen LogP contribution in [0.5, 0.6) is 5.75 Å². The van der Waals surface area contributed by atoms with Gasteiger partial charge < -0.3 is 9.47 Å². The zero-order valence-corrected chi connectivity index (χ0v) is 11.0. The van der Waals surface area contributed by atoms with Crippen LogP contribution in [0.25, 0.3) is 0 Å². The minimum atomic E-state index is 0.222.